The molecule has 0 aliphatic carbocycles. The maximum Gasteiger partial charge on any atom is 0.365 e. The second-order valence-corrected chi connectivity index (χ2v) is 14.8. The molecule has 1 unspecified atom stereocenters. The van der Waals surface area contributed by atoms with Gasteiger partial charge in [0.1, 0.15) is 5.75 Å². The van der Waals surface area contributed by atoms with Crippen molar-refractivity contribution in [2.24, 2.45) is 0 Å². The average molecular weight is 761 g/mol. The minimum absolute atomic E-state index is 0.174. The highest BCUT2D eigenvalue weighted by Gasteiger charge is 2.32. The Kier molecular flexibility index (Phi) is 7.96. The molecule has 5 aromatic carbocycles. The van der Waals surface area contributed by atoms with Crippen molar-refractivity contribution < 1.29 is 19.1 Å². The Balaban J connectivity index is 1.47. The molecule has 9 heteroatoms. The molecule has 6 aromatic rings. The predicted octanol–water partition coefficient (Wildman–Crippen LogP) is 10.7. The summed E-state index contributed by atoms with van der Waals surface area (Å²) in [4.78, 5) is 20.2. The van der Waals surface area contributed by atoms with E-state index in [0.29, 0.717) is 21.1 Å². The molecule has 6 rings (SSSR count). The third-order valence-electron chi connectivity index (χ3n) is 6.92. The van der Waals surface area contributed by atoms with Crippen molar-refractivity contribution in [3.05, 3.63) is 110 Å². The summed E-state index contributed by atoms with van der Waals surface area (Å²) in [5.41, 5.74) is 3.04. The fourth-order valence-electron chi connectivity index (χ4n) is 5.08. The molecule has 0 fully saturated rings. The van der Waals surface area contributed by atoms with Crippen LogP contribution in [0.2, 0.25) is 0 Å². The van der Waals surface area contributed by atoms with Crippen LogP contribution in [-0.4, -0.2) is 15.6 Å². The molecule has 0 aliphatic rings. The van der Waals surface area contributed by atoms with E-state index in [2.05, 4.69) is 84.2 Å². The number of rotatable bonds is 7. The summed E-state index contributed by atoms with van der Waals surface area (Å²) < 4.78 is 23.1. The van der Waals surface area contributed by atoms with E-state index in [9.17, 15) is 14.4 Å². The van der Waals surface area contributed by atoms with Gasteiger partial charge in [-0.1, -0.05) is 72.8 Å². The molecule has 0 amide bonds. The van der Waals surface area contributed by atoms with Crippen LogP contribution in [0.4, 0.5) is 0 Å². The molecule has 0 bridgehead atoms. The van der Waals surface area contributed by atoms with Gasteiger partial charge in [-0.25, -0.2) is 0 Å². The Morgan fingerprint density at radius 3 is 2.08 bits per heavy atom. The fraction of sp³-hybridized carbons (Fsp3) is 0.0968. The van der Waals surface area contributed by atoms with Crippen molar-refractivity contribution in [2.45, 2.75) is 18.7 Å². The van der Waals surface area contributed by atoms with Gasteiger partial charge in [0.25, 0.3) is 0 Å². The number of benzene rings is 5. The zero-order valence-electron chi connectivity index (χ0n) is 20.9. The lowest BCUT2D eigenvalue weighted by atomic mass is 9.93. The van der Waals surface area contributed by atoms with E-state index < -0.39 is 13.4 Å². The zero-order valence-corrected chi connectivity index (χ0v) is 27.3. The summed E-state index contributed by atoms with van der Waals surface area (Å²) in [6.45, 7) is 0. The normalized spacial score (nSPS) is 12.8. The number of ether oxygens (including phenoxy) is 1. The van der Waals surface area contributed by atoms with Crippen LogP contribution in [0.25, 0.3) is 42.1 Å². The molecular formula is C31H22Br3O4PS. The number of aryl methyl sites for hydroxylation is 1. The SMILES string of the molecule is O=P(O)(O)C(CCc1ccccc1)Oc1c(Br)cc(-c2c3ccccc3c(Br)c3sc4ccccc4c23)cc1Br. The molecule has 1 aromatic heterocycles. The van der Waals surface area contributed by atoms with Gasteiger partial charge in [0, 0.05) is 26.4 Å². The van der Waals surface area contributed by atoms with Crippen molar-refractivity contribution >= 4 is 97.7 Å². The Bertz CT molecular complexity index is 1910. The van der Waals surface area contributed by atoms with Crippen molar-refractivity contribution in [1.29, 1.82) is 0 Å². The van der Waals surface area contributed by atoms with Gasteiger partial charge in [-0.05, 0) is 99.9 Å². The Labute approximate surface area is 260 Å². The van der Waals surface area contributed by atoms with E-state index >= 15 is 0 Å². The summed E-state index contributed by atoms with van der Waals surface area (Å²) in [5, 5.41) is 4.56. The maximum atomic E-state index is 12.4. The van der Waals surface area contributed by atoms with Crippen LogP contribution in [0, 0.1) is 0 Å². The molecule has 2 N–H and O–H groups in total. The highest BCUT2D eigenvalue weighted by molar-refractivity contribution is 9.11. The van der Waals surface area contributed by atoms with E-state index in [4.69, 9.17) is 4.74 Å². The van der Waals surface area contributed by atoms with E-state index in [-0.39, 0.29) is 6.42 Å². The summed E-state index contributed by atoms with van der Waals surface area (Å²) in [5.74, 6) is -0.926. The Morgan fingerprint density at radius 1 is 0.800 bits per heavy atom. The Hall–Kier alpha value is -2.03. The lowest BCUT2D eigenvalue weighted by Crippen LogP contribution is -2.18. The van der Waals surface area contributed by atoms with Crippen LogP contribution in [0.1, 0.15) is 12.0 Å². The smallest absolute Gasteiger partial charge is 0.365 e. The van der Waals surface area contributed by atoms with Crippen molar-refractivity contribution in [1.82, 2.24) is 0 Å². The molecule has 1 atom stereocenters. The minimum atomic E-state index is -4.55. The first-order valence-corrected chi connectivity index (χ1v) is 17.4. The third-order valence-corrected chi connectivity index (χ3v) is 11.5. The molecule has 40 heavy (non-hydrogen) atoms. The lowest BCUT2D eigenvalue weighted by Gasteiger charge is -2.22. The molecule has 0 aliphatic heterocycles. The van der Waals surface area contributed by atoms with Gasteiger partial charge in [0.05, 0.1) is 13.6 Å². The highest BCUT2D eigenvalue weighted by Crippen LogP contribution is 2.51. The zero-order chi connectivity index (χ0) is 28.0. The second kappa shape index (κ2) is 11.3. The first-order chi connectivity index (χ1) is 19.2. The first kappa shape index (κ1) is 28.1. The molecule has 0 radical (unpaired) electrons. The minimum Gasteiger partial charge on any atom is -0.475 e. The number of halogens is 3. The standard InChI is InChI=1S/C31H22Br3O4PS/c32-23-16-19(17-24(33)30(23)38-26(39(35,36)37)15-14-18-8-2-1-3-9-18)27-20-10-4-5-11-21(20)29(34)31-28(27)22-12-6-7-13-25(22)40-31/h1-13,16-17,26H,14-15H2,(H2,35,36,37). The van der Waals surface area contributed by atoms with Gasteiger partial charge >= 0.3 is 7.60 Å². The van der Waals surface area contributed by atoms with E-state index in [1.165, 1.54) is 14.8 Å². The molecule has 0 spiro atoms. The molecular weight excluding hydrogens is 739 g/mol. The highest BCUT2D eigenvalue weighted by atomic mass is 79.9. The van der Waals surface area contributed by atoms with Gasteiger partial charge in [-0.2, -0.15) is 0 Å². The lowest BCUT2D eigenvalue weighted by molar-refractivity contribution is 0.212. The van der Waals surface area contributed by atoms with E-state index in [0.717, 1.165) is 37.3 Å². The molecule has 0 saturated carbocycles. The van der Waals surface area contributed by atoms with Crippen LogP contribution < -0.4 is 4.74 Å². The number of hydrogen-bond donors (Lipinski definition) is 2. The van der Waals surface area contributed by atoms with Crippen LogP contribution in [0.3, 0.4) is 0 Å². The number of hydrogen-bond acceptors (Lipinski definition) is 3. The summed E-state index contributed by atoms with van der Waals surface area (Å²) in [7, 11) is -4.55. The van der Waals surface area contributed by atoms with E-state index in [1.54, 1.807) is 11.3 Å². The fourth-order valence-corrected chi connectivity index (χ4v) is 9.11. The van der Waals surface area contributed by atoms with Crippen molar-refractivity contribution in [2.75, 3.05) is 0 Å². The monoisotopic (exact) mass is 758 g/mol. The summed E-state index contributed by atoms with van der Waals surface area (Å²) in [6, 6.07) is 30.3. The number of thiophene rings is 1. The molecule has 4 nitrogen and oxygen atoms in total. The molecule has 0 saturated heterocycles. The average Bonchev–Trinajstić information content (AvgIpc) is 3.32. The molecule has 202 valence electrons. The van der Waals surface area contributed by atoms with Gasteiger partial charge in [0.15, 0.2) is 5.85 Å². The van der Waals surface area contributed by atoms with E-state index in [1.807, 2.05) is 54.6 Å². The third kappa shape index (κ3) is 5.32. The largest absolute Gasteiger partial charge is 0.475 e. The van der Waals surface area contributed by atoms with Crippen LogP contribution in [0.15, 0.2) is 104 Å². The van der Waals surface area contributed by atoms with Gasteiger partial charge < -0.3 is 14.5 Å². The first-order valence-electron chi connectivity index (χ1n) is 12.5. The van der Waals surface area contributed by atoms with Gasteiger partial charge in [-0.3, -0.25) is 4.57 Å². The number of fused-ring (bicyclic) bond motifs is 4. The topological polar surface area (TPSA) is 66.8 Å². The van der Waals surface area contributed by atoms with Gasteiger partial charge in [-0.15, -0.1) is 11.3 Å². The summed E-state index contributed by atoms with van der Waals surface area (Å²) >= 11 is 12.9. The van der Waals surface area contributed by atoms with Crippen LogP contribution in [0.5, 0.6) is 5.75 Å². The molecule has 1 heterocycles. The second-order valence-electron chi connectivity index (χ2n) is 9.49. The van der Waals surface area contributed by atoms with Crippen molar-refractivity contribution in [3.63, 3.8) is 0 Å². The summed E-state index contributed by atoms with van der Waals surface area (Å²) in [6.07, 6.45) is 0.659. The van der Waals surface area contributed by atoms with Crippen molar-refractivity contribution in [3.8, 4) is 16.9 Å². The predicted molar refractivity (Wildman–Crippen MR) is 177 cm³/mol. The van der Waals surface area contributed by atoms with Crippen LogP contribution >= 0.6 is 66.7 Å². The van der Waals surface area contributed by atoms with Gasteiger partial charge in [0.2, 0.25) is 0 Å². The van der Waals surface area contributed by atoms with Crippen LogP contribution in [-0.2, 0) is 11.0 Å². The quantitative estimate of drug-likeness (QED) is 0.159. The maximum absolute atomic E-state index is 12.4. The Morgan fingerprint density at radius 2 is 1.40 bits per heavy atom.